The zero-order chi connectivity index (χ0) is 24.8. The van der Waals surface area contributed by atoms with E-state index in [0.717, 1.165) is 0 Å². The van der Waals surface area contributed by atoms with Crippen molar-refractivity contribution in [3.8, 4) is 34.2 Å². The molecule has 1 aliphatic rings. The molecule has 182 valence electrons. The summed E-state index contributed by atoms with van der Waals surface area (Å²) in [5.41, 5.74) is 0.441. The molecule has 1 amide bonds. The van der Waals surface area contributed by atoms with Crippen LogP contribution in [0.3, 0.4) is 0 Å². The number of rotatable bonds is 7. The first-order chi connectivity index (χ1) is 15.9. The number of aryl methyl sites for hydroxylation is 1. The van der Waals surface area contributed by atoms with Crippen molar-refractivity contribution >= 4 is 21.6 Å². The number of aromatic nitrogens is 3. The van der Waals surface area contributed by atoms with Crippen LogP contribution in [0.1, 0.15) is 48.6 Å². The fourth-order valence-corrected chi connectivity index (χ4v) is 5.33. The number of phosphoric acid groups is 2. The summed E-state index contributed by atoms with van der Waals surface area (Å²) in [5.74, 6) is -0.921. The maximum Gasteiger partial charge on any atom is 1.00 e. The van der Waals surface area contributed by atoms with Gasteiger partial charge in [0.05, 0.1) is 13.4 Å². The Morgan fingerprint density at radius 3 is 2.39 bits per heavy atom. The molecule has 0 saturated carbocycles. The minimum atomic E-state index is -5.75. The summed E-state index contributed by atoms with van der Waals surface area (Å²) in [6.07, 6.45) is 0. The van der Waals surface area contributed by atoms with Crippen molar-refractivity contribution in [3.63, 3.8) is 0 Å². The molecule has 36 heavy (non-hydrogen) atoms. The van der Waals surface area contributed by atoms with Gasteiger partial charge in [-0.1, -0.05) is 24.2 Å². The van der Waals surface area contributed by atoms with Crippen LogP contribution in [0.2, 0.25) is 0 Å². The van der Waals surface area contributed by atoms with Gasteiger partial charge in [0.15, 0.2) is 11.5 Å². The number of fused-ring (bicyclic) bond motifs is 2. The van der Waals surface area contributed by atoms with E-state index in [-0.39, 0.29) is 154 Å². The molecule has 1 unspecified atom stereocenters. The monoisotopic (exact) mass is 590 g/mol. The van der Waals surface area contributed by atoms with Crippen LogP contribution < -0.4 is 127 Å². The minimum Gasteiger partial charge on any atom is -0.789 e. The third kappa shape index (κ3) is 7.06. The number of carbonyl (C=O) groups is 1. The number of nitrogens with one attached hydrogen (secondary N) is 1. The van der Waals surface area contributed by atoms with Gasteiger partial charge in [-0.05, 0) is 24.5 Å². The fraction of sp³-hybridized carbons (Fsp3) is 0.333. The van der Waals surface area contributed by atoms with Crippen LogP contribution in [-0.2, 0) is 13.4 Å². The molecule has 3 heterocycles. The number of amides is 1. The summed E-state index contributed by atoms with van der Waals surface area (Å²) >= 11 is 0. The second-order valence-corrected chi connectivity index (χ2v) is 10.2. The van der Waals surface area contributed by atoms with Crippen LogP contribution >= 0.6 is 15.6 Å². The molecule has 3 aromatic rings. The van der Waals surface area contributed by atoms with Crippen LogP contribution in [0.4, 0.5) is 0 Å². The zero-order valence-electron chi connectivity index (χ0n) is 20.3. The summed E-state index contributed by atoms with van der Waals surface area (Å²) in [5, 5.41) is 10.3. The Hall–Kier alpha value is 0.253. The fourth-order valence-electron chi connectivity index (χ4n) is 3.26. The third-order valence-corrected chi connectivity index (χ3v) is 7.04. The predicted octanol–water partition coefficient (Wildman–Crippen LogP) is -3.69. The van der Waals surface area contributed by atoms with E-state index in [0.29, 0.717) is 12.1 Å². The Kier molecular flexibility index (Phi) is 11.4. The van der Waals surface area contributed by atoms with Crippen LogP contribution in [0.5, 0.6) is 11.5 Å². The van der Waals surface area contributed by atoms with Gasteiger partial charge in [0.1, 0.15) is 17.1 Å². The maximum atomic E-state index is 12.9. The molecule has 0 fully saturated rings. The van der Waals surface area contributed by atoms with Crippen molar-refractivity contribution in [2.45, 2.75) is 33.6 Å². The van der Waals surface area contributed by atoms with Crippen molar-refractivity contribution < 1.29 is 149 Å². The van der Waals surface area contributed by atoms with Crippen molar-refractivity contribution in [1.82, 2.24) is 20.6 Å². The molecule has 0 aliphatic carbocycles. The smallest absolute Gasteiger partial charge is 0.789 e. The standard InChI is InChI=1S/C18H20N4O10P2.2K/c1-5-19-18(23)15-14(17-20-9(4)28-22-17)16(29-21-15)11-6-10(8(2)3)12-7-13(11)31-34(27,30-12)32-33(24,25)26;;/h6-8H,5H2,1-4H3,(H,19,23)(H2,24,25,26);;/q;2*+1/p-2. The molecule has 18 heteroatoms. The first kappa shape index (κ1) is 32.5. The summed E-state index contributed by atoms with van der Waals surface area (Å²) in [6.45, 7) is 7.13. The Labute approximate surface area is 290 Å². The molecule has 0 radical (unpaired) electrons. The molecule has 1 N–H and O–H groups in total. The summed E-state index contributed by atoms with van der Waals surface area (Å²) in [4.78, 5) is 39.0. The number of nitrogens with zero attached hydrogens (tertiary/aromatic N) is 3. The topological polar surface area (TPSA) is 202 Å². The van der Waals surface area contributed by atoms with E-state index >= 15 is 0 Å². The molecule has 14 nitrogen and oxygen atoms in total. The van der Waals surface area contributed by atoms with E-state index in [4.69, 9.17) is 18.1 Å². The molecule has 1 atom stereocenters. The van der Waals surface area contributed by atoms with E-state index in [1.807, 2.05) is 0 Å². The van der Waals surface area contributed by atoms with Crippen LogP contribution in [0.25, 0.3) is 22.7 Å². The van der Waals surface area contributed by atoms with Gasteiger partial charge < -0.3 is 37.8 Å². The maximum absolute atomic E-state index is 12.9. The van der Waals surface area contributed by atoms with E-state index < -0.39 is 21.6 Å². The van der Waals surface area contributed by atoms with E-state index in [2.05, 4.69) is 24.9 Å². The van der Waals surface area contributed by atoms with Gasteiger partial charge in [0, 0.05) is 19.5 Å². The largest absolute Gasteiger partial charge is 1.00 e. The number of hydrogen-bond acceptors (Lipinski definition) is 13. The van der Waals surface area contributed by atoms with Crippen molar-refractivity contribution in [2.24, 2.45) is 0 Å². The molecule has 0 saturated heterocycles. The van der Waals surface area contributed by atoms with Crippen molar-refractivity contribution in [2.75, 3.05) is 6.54 Å². The molecule has 1 aromatic carbocycles. The average Bonchev–Trinajstić information content (AvgIpc) is 3.32. The Morgan fingerprint density at radius 1 is 1.17 bits per heavy atom. The first-order valence-electron chi connectivity index (χ1n) is 9.90. The number of benzene rings is 1. The molecular weight excluding hydrogens is 572 g/mol. The van der Waals surface area contributed by atoms with Crippen molar-refractivity contribution in [1.29, 1.82) is 0 Å². The van der Waals surface area contributed by atoms with Gasteiger partial charge >= 0.3 is 111 Å². The van der Waals surface area contributed by atoms with Gasteiger partial charge in [0.2, 0.25) is 11.7 Å². The van der Waals surface area contributed by atoms with Crippen LogP contribution in [0.15, 0.2) is 21.2 Å². The number of phosphoric ester groups is 1. The van der Waals surface area contributed by atoms with Gasteiger partial charge in [-0.2, -0.15) is 4.98 Å². The second kappa shape index (κ2) is 12.6. The number of hydrogen-bond donors (Lipinski definition) is 1. The number of carbonyl (C=O) groups excluding carboxylic acids is 1. The normalized spacial score (nSPS) is 16.4. The first-order valence-corrected chi connectivity index (χ1v) is 12.8. The summed E-state index contributed by atoms with van der Waals surface area (Å²) in [6, 6.07) is 2.88. The molecule has 0 spiro atoms. The quantitative estimate of drug-likeness (QED) is 0.208. The molecule has 2 bridgehead atoms. The summed E-state index contributed by atoms with van der Waals surface area (Å²) in [7, 11) is -10.6. The van der Waals surface area contributed by atoms with E-state index in [1.165, 1.54) is 6.07 Å². The molecule has 1 aliphatic heterocycles. The third-order valence-electron chi connectivity index (χ3n) is 4.59. The van der Waals surface area contributed by atoms with Gasteiger partial charge in [0.25, 0.3) is 5.91 Å². The van der Waals surface area contributed by atoms with Gasteiger partial charge in [-0.25, -0.2) is 8.88 Å². The molecular formula is C18H18K2N4O10P2. The predicted molar refractivity (Wildman–Crippen MR) is 110 cm³/mol. The van der Waals surface area contributed by atoms with E-state index in [1.54, 1.807) is 33.8 Å². The van der Waals surface area contributed by atoms with Gasteiger partial charge in [-0.15, -0.1) is 0 Å². The van der Waals surface area contributed by atoms with Crippen molar-refractivity contribution in [3.05, 3.63) is 29.3 Å². The van der Waals surface area contributed by atoms with Gasteiger partial charge in [-0.3, -0.25) is 4.79 Å². The zero-order valence-corrected chi connectivity index (χ0v) is 28.3. The summed E-state index contributed by atoms with van der Waals surface area (Å²) < 4.78 is 48.9. The Morgan fingerprint density at radius 2 is 1.83 bits per heavy atom. The SMILES string of the molecule is CCNC(=O)c1noc(-c2cc(C(C)C)c3cc2OP(=O)(OP(=O)([O-])[O-])O3)c1-c1noc(C)n1.[K+].[K+]. The Bertz CT molecular complexity index is 1370. The minimum absolute atomic E-state index is 0. The molecule has 4 rings (SSSR count). The average molecular weight is 591 g/mol. The van der Waals surface area contributed by atoms with Crippen LogP contribution in [0, 0.1) is 6.92 Å². The molecule has 2 aromatic heterocycles. The Balaban J connectivity index is 0.00000228. The van der Waals surface area contributed by atoms with Crippen LogP contribution in [-0.4, -0.2) is 27.7 Å². The second-order valence-electron chi connectivity index (χ2n) is 7.43. The van der Waals surface area contributed by atoms with E-state index in [9.17, 15) is 23.7 Å².